The van der Waals surface area contributed by atoms with Crippen LogP contribution in [0.5, 0.6) is 5.75 Å². The van der Waals surface area contributed by atoms with Gasteiger partial charge in [0.25, 0.3) is 5.91 Å². The minimum Gasteiger partial charge on any atom is -0.494 e. The van der Waals surface area contributed by atoms with E-state index in [0.717, 1.165) is 18.9 Å². The zero-order valence-electron chi connectivity index (χ0n) is 20.3. The maximum absolute atomic E-state index is 14.5. The number of alkyl halides is 13. The van der Waals surface area contributed by atoms with Crippen molar-refractivity contribution in [2.75, 3.05) is 11.9 Å². The van der Waals surface area contributed by atoms with Crippen LogP contribution in [0.1, 0.15) is 35.7 Å². The molecule has 2 aromatic rings. The number of unbranched alkanes of at least 4 members (excludes halogenated alkanes) is 1. The molecular weight excluding hydrogens is 601 g/mol. The Morgan fingerprint density at radius 1 is 0.756 bits per heavy atom. The van der Waals surface area contributed by atoms with Crippen molar-refractivity contribution in [3.05, 3.63) is 59.7 Å². The number of amides is 1. The highest BCUT2D eigenvalue weighted by molar-refractivity contribution is 6.04. The number of halogens is 13. The Hall–Kier alpha value is -3.28. The fraction of sp³-hybridized carbons (Fsp3) is 0.435. The number of rotatable bonds is 13. The van der Waals surface area contributed by atoms with Crippen LogP contribution in [-0.2, 0) is 15.4 Å². The SMILES string of the molecule is CCCCOc1ccc(C(=O)Nc2cccc(C(F)(F)C(F)(F)OC(F)(F)C(F)(F)C(F)(F)OC(F)(F)F)c2)cc1. The Bertz CT molecular complexity index is 1180. The summed E-state index contributed by atoms with van der Waals surface area (Å²) in [6.45, 7) is 2.30. The van der Waals surface area contributed by atoms with Gasteiger partial charge in [0.1, 0.15) is 5.75 Å². The molecule has 230 valence electrons. The molecule has 1 N–H and O–H groups in total. The number of hydrogen-bond donors (Lipinski definition) is 1. The van der Waals surface area contributed by atoms with E-state index in [2.05, 4.69) is 4.74 Å². The molecule has 0 aliphatic carbocycles. The van der Waals surface area contributed by atoms with Gasteiger partial charge in [-0.1, -0.05) is 25.5 Å². The molecule has 2 rings (SSSR count). The van der Waals surface area contributed by atoms with E-state index in [9.17, 15) is 61.9 Å². The molecule has 5 nitrogen and oxygen atoms in total. The largest absolute Gasteiger partial charge is 0.527 e. The zero-order valence-corrected chi connectivity index (χ0v) is 20.3. The van der Waals surface area contributed by atoms with E-state index in [1.807, 2.05) is 12.2 Å². The maximum atomic E-state index is 14.5. The second-order valence-electron chi connectivity index (χ2n) is 8.11. The van der Waals surface area contributed by atoms with Crippen molar-refractivity contribution in [3.8, 4) is 5.75 Å². The zero-order chi connectivity index (χ0) is 31.5. The van der Waals surface area contributed by atoms with Gasteiger partial charge in [0.2, 0.25) is 0 Å². The molecular formula is C23H18F13NO4. The van der Waals surface area contributed by atoms with E-state index >= 15 is 0 Å². The smallest absolute Gasteiger partial charge is 0.494 e. The topological polar surface area (TPSA) is 56.8 Å². The summed E-state index contributed by atoms with van der Waals surface area (Å²) in [7, 11) is 0. The van der Waals surface area contributed by atoms with Gasteiger partial charge in [-0.15, -0.1) is 13.2 Å². The van der Waals surface area contributed by atoms with Crippen molar-refractivity contribution in [3.63, 3.8) is 0 Å². The van der Waals surface area contributed by atoms with E-state index < -0.39 is 53.7 Å². The van der Waals surface area contributed by atoms with Crippen molar-refractivity contribution in [2.45, 2.75) is 56.3 Å². The van der Waals surface area contributed by atoms with Gasteiger partial charge in [0.15, 0.2) is 0 Å². The Morgan fingerprint density at radius 3 is 1.85 bits per heavy atom. The second-order valence-corrected chi connectivity index (χ2v) is 8.11. The molecule has 41 heavy (non-hydrogen) atoms. The van der Waals surface area contributed by atoms with E-state index in [1.165, 1.54) is 24.3 Å². The fourth-order valence-corrected chi connectivity index (χ4v) is 2.87. The van der Waals surface area contributed by atoms with E-state index in [0.29, 0.717) is 18.4 Å². The van der Waals surface area contributed by atoms with Gasteiger partial charge in [-0.2, -0.15) is 43.9 Å². The van der Waals surface area contributed by atoms with Crippen LogP contribution in [0.15, 0.2) is 48.5 Å². The molecule has 0 heterocycles. The Labute approximate surface area is 222 Å². The molecule has 0 radical (unpaired) electrons. The lowest BCUT2D eigenvalue weighted by Crippen LogP contribution is -2.61. The third kappa shape index (κ3) is 7.93. The van der Waals surface area contributed by atoms with Crippen LogP contribution < -0.4 is 10.1 Å². The van der Waals surface area contributed by atoms with Crippen molar-refractivity contribution < 1.29 is 76.1 Å². The summed E-state index contributed by atoms with van der Waals surface area (Å²) < 4.78 is 182. The molecule has 0 spiro atoms. The first-order valence-corrected chi connectivity index (χ1v) is 11.1. The van der Waals surface area contributed by atoms with Gasteiger partial charge in [0, 0.05) is 16.8 Å². The molecule has 0 saturated heterocycles. The van der Waals surface area contributed by atoms with Crippen molar-refractivity contribution in [2.24, 2.45) is 0 Å². The molecule has 1 amide bonds. The highest BCUT2D eigenvalue weighted by Gasteiger charge is 2.80. The minimum atomic E-state index is -7.53. The molecule has 0 bridgehead atoms. The Morgan fingerprint density at radius 2 is 1.32 bits per heavy atom. The predicted octanol–water partition coefficient (Wildman–Crippen LogP) is 8.18. The van der Waals surface area contributed by atoms with E-state index in [-0.39, 0.29) is 17.7 Å². The van der Waals surface area contributed by atoms with Crippen LogP contribution in [0.3, 0.4) is 0 Å². The monoisotopic (exact) mass is 619 g/mol. The molecule has 0 saturated carbocycles. The van der Waals surface area contributed by atoms with Gasteiger partial charge >= 0.3 is 36.5 Å². The third-order valence-corrected chi connectivity index (χ3v) is 4.96. The average Bonchev–Trinajstić information content (AvgIpc) is 2.82. The summed E-state index contributed by atoms with van der Waals surface area (Å²) in [4.78, 5) is 12.4. The normalized spacial score (nSPS) is 13.7. The minimum absolute atomic E-state index is 0.0810. The summed E-state index contributed by atoms with van der Waals surface area (Å²) in [5, 5.41) is 2.02. The summed E-state index contributed by atoms with van der Waals surface area (Å²) in [5.74, 6) is -14.1. The predicted molar refractivity (Wildman–Crippen MR) is 113 cm³/mol. The van der Waals surface area contributed by atoms with Crippen molar-refractivity contribution in [1.29, 1.82) is 0 Å². The lowest BCUT2D eigenvalue weighted by Gasteiger charge is -2.35. The first-order valence-electron chi connectivity index (χ1n) is 11.1. The number of benzene rings is 2. The van der Waals surface area contributed by atoms with Crippen LogP contribution in [0.25, 0.3) is 0 Å². The Kier molecular flexibility index (Phi) is 9.85. The van der Waals surface area contributed by atoms with Gasteiger partial charge in [0.05, 0.1) is 6.61 Å². The third-order valence-electron chi connectivity index (χ3n) is 4.96. The van der Waals surface area contributed by atoms with Gasteiger partial charge in [-0.3, -0.25) is 4.79 Å². The van der Waals surface area contributed by atoms with Crippen LogP contribution in [-0.4, -0.2) is 43.1 Å². The fourth-order valence-electron chi connectivity index (χ4n) is 2.87. The Balaban J connectivity index is 2.25. The molecule has 0 fully saturated rings. The van der Waals surface area contributed by atoms with Crippen LogP contribution in [0, 0.1) is 0 Å². The van der Waals surface area contributed by atoms with E-state index in [4.69, 9.17) is 4.74 Å². The van der Waals surface area contributed by atoms with Gasteiger partial charge in [-0.05, 0) is 42.8 Å². The standard InChI is InChI=1S/C23H18F13NO4/c1-2-3-11-39-16-9-7-13(8-10-16)17(38)37-15-6-4-5-14(12-15)18(24,25)20(28,29)40-21(30,31)19(26,27)22(32,33)41-23(34,35)36/h4-10,12H,2-3,11H2,1H3,(H,37,38). The first-order chi connectivity index (χ1) is 18.6. The summed E-state index contributed by atoms with van der Waals surface area (Å²) in [6.07, 6.45) is -26.4. The van der Waals surface area contributed by atoms with Crippen LogP contribution >= 0.6 is 0 Å². The number of nitrogens with one attached hydrogen (secondary N) is 1. The lowest BCUT2D eigenvalue weighted by atomic mass is 10.1. The summed E-state index contributed by atoms with van der Waals surface area (Å²) in [6, 6.07) is 6.96. The van der Waals surface area contributed by atoms with Gasteiger partial charge < -0.3 is 10.1 Å². The first kappa shape index (κ1) is 33.9. The average molecular weight is 619 g/mol. The number of ether oxygens (including phenoxy) is 3. The molecule has 0 aliphatic heterocycles. The molecule has 0 aliphatic rings. The number of hydrogen-bond acceptors (Lipinski definition) is 4. The highest BCUT2D eigenvalue weighted by Crippen LogP contribution is 2.54. The van der Waals surface area contributed by atoms with Crippen LogP contribution in [0.4, 0.5) is 62.8 Å². The second kappa shape index (κ2) is 11.9. The summed E-state index contributed by atoms with van der Waals surface area (Å²) in [5.41, 5.74) is -2.67. The molecule has 0 atom stereocenters. The molecule has 2 aromatic carbocycles. The van der Waals surface area contributed by atoms with Gasteiger partial charge in [-0.25, -0.2) is 9.47 Å². The number of carbonyl (C=O) groups is 1. The highest BCUT2D eigenvalue weighted by atomic mass is 19.4. The summed E-state index contributed by atoms with van der Waals surface area (Å²) >= 11 is 0. The molecule has 0 unspecified atom stereocenters. The number of carbonyl (C=O) groups excluding carboxylic acids is 1. The van der Waals surface area contributed by atoms with Crippen molar-refractivity contribution in [1.82, 2.24) is 0 Å². The lowest BCUT2D eigenvalue weighted by molar-refractivity contribution is -0.535. The molecule has 0 aromatic heterocycles. The van der Waals surface area contributed by atoms with E-state index in [1.54, 1.807) is 4.74 Å². The van der Waals surface area contributed by atoms with Crippen LogP contribution in [0.2, 0.25) is 0 Å². The maximum Gasteiger partial charge on any atom is 0.527 e. The van der Waals surface area contributed by atoms with Crippen molar-refractivity contribution >= 4 is 11.6 Å². The quantitative estimate of drug-likeness (QED) is 0.182. The molecule has 18 heteroatoms. The number of anilines is 1.